The van der Waals surface area contributed by atoms with Gasteiger partial charge in [0, 0.05) is 22.7 Å². The lowest BCUT2D eigenvalue weighted by Gasteiger charge is -2.12. The number of allylic oxidation sites excluding steroid dienone is 2. The van der Waals surface area contributed by atoms with E-state index in [2.05, 4.69) is 109 Å². The fraction of sp³-hybridized carbons (Fsp3) is 0.432. The van der Waals surface area contributed by atoms with Gasteiger partial charge in [0.1, 0.15) is 0 Å². The van der Waals surface area contributed by atoms with Gasteiger partial charge in [0.25, 0.3) is 0 Å². The van der Waals surface area contributed by atoms with Gasteiger partial charge in [-0.15, -0.1) is 0 Å². The molecule has 0 bridgehead atoms. The van der Waals surface area contributed by atoms with E-state index in [1.807, 2.05) is 71.9 Å². The van der Waals surface area contributed by atoms with Crippen molar-refractivity contribution >= 4 is 22.0 Å². The Hall–Kier alpha value is -3.69. The molecule has 0 aliphatic carbocycles. The first-order chi connectivity index (χ1) is 22.2. The van der Waals surface area contributed by atoms with E-state index in [1.165, 1.54) is 60.2 Å². The third-order valence-corrected chi connectivity index (χ3v) is 7.11. The van der Waals surface area contributed by atoms with Crippen LogP contribution in [0.1, 0.15) is 114 Å². The predicted octanol–water partition coefficient (Wildman–Crippen LogP) is 12.7. The van der Waals surface area contributed by atoms with Gasteiger partial charge in [-0.25, -0.2) is 0 Å². The Morgan fingerprint density at radius 2 is 1.19 bits per heavy atom. The summed E-state index contributed by atoms with van der Waals surface area (Å²) in [5.74, 6) is 0. The zero-order chi connectivity index (χ0) is 36.5. The summed E-state index contributed by atoms with van der Waals surface area (Å²) >= 11 is 0. The fourth-order valence-electron chi connectivity index (χ4n) is 4.22. The Morgan fingerprint density at radius 1 is 0.702 bits per heavy atom. The van der Waals surface area contributed by atoms with Crippen LogP contribution in [0.3, 0.4) is 0 Å². The summed E-state index contributed by atoms with van der Waals surface area (Å²) in [6.45, 7) is 37.1. The zero-order valence-corrected chi connectivity index (χ0v) is 32.7. The Kier molecular flexibility index (Phi) is 25.5. The molecule has 0 saturated heterocycles. The number of aryl methyl sites for hydroxylation is 5. The standard InChI is InChI=1S/C14H15NO.C11H14.C7H17N.C7H8.C3H8.C2H6/c1-8(2)12-7-15-13-6-10(4)9(3)5-11(13)14(12)16;1-8(2)11-6-5-9(3)10(4)7-11;1-4-6-8(3)7-5-2;1-7-5-3-2-4-6-7;1-3-2;1-2/h5-7H,1H2,2-4H3,(H,15,16);5-7H,1H2,2-4H3;4-7H2,1-3H3;2-6H,1H3;3H2,1-2H3;1-2H3. The smallest absolute Gasteiger partial charge is 0.196 e. The van der Waals surface area contributed by atoms with Crippen molar-refractivity contribution in [1.29, 1.82) is 0 Å². The van der Waals surface area contributed by atoms with Gasteiger partial charge in [0.2, 0.25) is 0 Å². The number of nitrogens with one attached hydrogen (secondary N) is 1. The maximum Gasteiger partial charge on any atom is 0.196 e. The third-order valence-electron chi connectivity index (χ3n) is 7.11. The van der Waals surface area contributed by atoms with E-state index in [0.717, 1.165) is 27.6 Å². The highest BCUT2D eigenvalue weighted by Crippen LogP contribution is 2.17. The quantitative estimate of drug-likeness (QED) is 0.228. The molecule has 0 atom stereocenters. The van der Waals surface area contributed by atoms with E-state index in [9.17, 15) is 4.79 Å². The molecular formula is C44H68N2O. The van der Waals surface area contributed by atoms with Crippen LogP contribution in [0.25, 0.3) is 22.0 Å². The summed E-state index contributed by atoms with van der Waals surface area (Å²) in [4.78, 5) is 17.7. The van der Waals surface area contributed by atoms with Crippen LogP contribution in [0, 0.1) is 34.6 Å². The first-order valence-corrected chi connectivity index (χ1v) is 17.5. The van der Waals surface area contributed by atoms with E-state index < -0.39 is 0 Å². The Balaban J connectivity index is 0. The van der Waals surface area contributed by atoms with Crippen molar-refractivity contribution in [2.75, 3.05) is 20.1 Å². The van der Waals surface area contributed by atoms with Gasteiger partial charge >= 0.3 is 0 Å². The van der Waals surface area contributed by atoms with Crippen molar-refractivity contribution in [2.24, 2.45) is 0 Å². The molecule has 47 heavy (non-hydrogen) atoms. The summed E-state index contributed by atoms with van der Waals surface area (Å²) in [7, 11) is 2.17. The number of aromatic nitrogens is 1. The van der Waals surface area contributed by atoms with E-state index in [0.29, 0.717) is 5.56 Å². The van der Waals surface area contributed by atoms with Crippen LogP contribution in [-0.2, 0) is 0 Å². The maximum atomic E-state index is 12.2. The van der Waals surface area contributed by atoms with E-state index in [4.69, 9.17) is 0 Å². The van der Waals surface area contributed by atoms with Gasteiger partial charge in [-0.3, -0.25) is 4.79 Å². The van der Waals surface area contributed by atoms with Gasteiger partial charge < -0.3 is 9.88 Å². The lowest BCUT2D eigenvalue weighted by atomic mass is 10.0. The number of pyridine rings is 1. The number of hydrogen-bond acceptors (Lipinski definition) is 2. The summed E-state index contributed by atoms with van der Waals surface area (Å²) in [6, 6.07) is 20.6. The van der Waals surface area contributed by atoms with E-state index in [-0.39, 0.29) is 5.43 Å². The Labute approximate surface area is 289 Å². The molecule has 3 nitrogen and oxygen atoms in total. The van der Waals surface area contributed by atoms with Crippen LogP contribution in [0.2, 0.25) is 0 Å². The monoisotopic (exact) mass is 641 g/mol. The van der Waals surface area contributed by atoms with Crippen molar-refractivity contribution < 1.29 is 0 Å². The molecule has 0 spiro atoms. The zero-order valence-electron chi connectivity index (χ0n) is 32.7. The molecule has 0 saturated carbocycles. The normalized spacial score (nSPS) is 9.51. The van der Waals surface area contributed by atoms with Crippen molar-refractivity contribution in [3.63, 3.8) is 0 Å². The van der Waals surface area contributed by atoms with Crippen molar-refractivity contribution in [3.05, 3.63) is 129 Å². The van der Waals surface area contributed by atoms with Crippen LogP contribution in [0.4, 0.5) is 0 Å². The lowest BCUT2D eigenvalue weighted by Crippen LogP contribution is -2.19. The van der Waals surface area contributed by atoms with Gasteiger partial charge in [-0.2, -0.15) is 0 Å². The minimum atomic E-state index is 0.0596. The van der Waals surface area contributed by atoms with Crippen molar-refractivity contribution in [1.82, 2.24) is 9.88 Å². The van der Waals surface area contributed by atoms with Crippen LogP contribution in [0.5, 0.6) is 0 Å². The summed E-state index contributed by atoms with van der Waals surface area (Å²) in [5, 5.41) is 0.739. The van der Waals surface area contributed by atoms with Crippen molar-refractivity contribution in [2.45, 2.75) is 109 Å². The molecule has 0 radical (unpaired) electrons. The second-order valence-electron chi connectivity index (χ2n) is 12.0. The highest BCUT2D eigenvalue weighted by atomic mass is 16.1. The molecule has 4 aromatic rings. The van der Waals surface area contributed by atoms with E-state index in [1.54, 1.807) is 6.20 Å². The number of hydrogen-bond donors (Lipinski definition) is 1. The largest absolute Gasteiger partial charge is 0.360 e. The number of fused-ring (bicyclic) bond motifs is 1. The van der Waals surface area contributed by atoms with Crippen LogP contribution < -0.4 is 5.43 Å². The first-order valence-electron chi connectivity index (χ1n) is 17.5. The molecule has 4 rings (SSSR count). The maximum absolute atomic E-state index is 12.2. The molecule has 0 aliphatic heterocycles. The minimum absolute atomic E-state index is 0.0596. The second-order valence-corrected chi connectivity index (χ2v) is 12.0. The highest BCUT2D eigenvalue weighted by Gasteiger charge is 2.06. The molecule has 260 valence electrons. The summed E-state index contributed by atoms with van der Waals surface area (Å²) in [5.41, 5.74) is 11.1. The molecule has 1 N–H and O–H groups in total. The number of rotatable bonds is 6. The second kappa shape index (κ2) is 26.4. The van der Waals surface area contributed by atoms with Gasteiger partial charge in [0.15, 0.2) is 5.43 Å². The van der Waals surface area contributed by atoms with Crippen molar-refractivity contribution in [3.8, 4) is 0 Å². The SMILES string of the molecule is C=C(C)c1c[nH]c2cc(C)c(C)cc2c1=O.C=C(C)c1ccc(C)c(C)c1.CC.CCC.CCCN(C)CCC.Cc1ccccc1. The van der Waals surface area contributed by atoms with Gasteiger partial charge in [-0.05, 0) is 127 Å². The lowest BCUT2D eigenvalue weighted by molar-refractivity contribution is 0.335. The molecule has 1 heterocycles. The van der Waals surface area contributed by atoms with E-state index >= 15 is 0 Å². The average Bonchev–Trinajstić information content (AvgIpc) is 3.02. The highest BCUT2D eigenvalue weighted by molar-refractivity contribution is 5.83. The number of benzene rings is 3. The number of H-pyrrole nitrogens is 1. The number of aromatic amines is 1. The average molecular weight is 641 g/mol. The molecule has 3 aromatic carbocycles. The van der Waals surface area contributed by atoms with Crippen LogP contribution in [0.15, 0.2) is 84.8 Å². The Bertz CT molecular complexity index is 1490. The number of nitrogens with zero attached hydrogens (tertiary/aromatic N) is 1. The minimum Gasteiger partial charge on any atom is -0.360 e. The van der Waals surface area contributed by atoms with Gasteiger partial charge in [-0.1, -0.05) is 121 Å². The topological polar surface area (TPSA) is 36.1 Å². The fourth-order valence-corrected chi connectivity index (χ4v) is 4.22. The molecular weight excluding hydrogens is 572 g/mol. The molecule has 3 heteroatoms. The molecule has 0 amide bonds. The van der Waals surface area contributed by atoms with Crippen LogP contribution >= 0.6 is 0 Å². The summed E-state index contributed by atoms with van der Waals surface area (Å²) < 4.78 is 0. The predicted molar refractivity (Wildman–Crippen MR) is 216 cm³/mol. The molecule has 0 unspecified atom stereocenters. The third kappa shape index (κ3) is 18.9. The van der Waals surface area contributed by atoms with Crippen LogP contribution in [-0.4, -0.2) is 30.0 Å². The summed E-state index contributed by atoms with van der Waals surface area (Å²) in [6.07, 6.45) is 5.54. The van der Waals surface area contributed by atoms with Gasteiger partial charge in [0.05, 0.1) is 0 Å². The molecule has 0 aliphatic rings. The first kappa shape index (κ1) is 45.4. The molecule has 0 fully saturated rings. The Morgan fingerprint density at radius 3 is 1.60 bits per heavy atom. The molecule has 1 aromatic heterocycles.